The summed E-state index contributed by atoms with van der Waals surface area (Å²) in [5.74, 6) is -0.0618. The molecule has 1 N–H and O–H groups in total. The number of rotatable bonds is 7. The molecule has 4 nitrogen and oxygen atoms in total. The van der Waals surface area contributed by atoms with Gasteiger partial charge in [-0.15, -0.1) is 0 Å². The summed E-state index contributed by atoms with van der Waals surface area (Å²) in [5, 5.41) is 2.81. The van der Waals surface area contributed by atoms with E-state index in [0.717, 1.165) is 18.4 Å². The van der Waals surface area contributed by atoms with Crippen molar-refractivity contribution >= 4 is 11.7 Å². The van der Waals surface area contributed by atoms with Crippen molar-refractivity contribution in [2.24, 2.45) is 0 Å². The zero-order valence-electron chi connectivity index (χ0n) is 12.8. The normalized spacial score (nSPS) is 14.6. The Morgan fingerprint density at radius 2 is 2.00 bits per heavy atom. The van der Waals surface area contributed by atoms with Crippen molar-refractivity contribution in [2.75, 3.05) is 13.7 Å². The van der Waals surface area contributed by atoms with Crippen LogP contribution >= 0.6 is 0 Å². The third kappa shape index (κ3) is 4.39. The van der Waals surface area contributed by atoms with Crippen LogP contribution in [-0.2, 0) is 22.4 Å². The van der Waals surface area contributed by atoms with Gasteiger partial charge in [-0.1, -0.05) is 12.1 Å². The maximum atomic E-state index is 12.2. The van der Waals surface area contributed by atoms with Crippen LogP contribution in [0.2, 0.25) is 0 Å². The second-order valence-corrected chi connectivity index (χ2v) is 5.68. The first-order valence-corrected chi connectivity index (χ1v) is 7.53. The van der Waals surface area contributed by atoms with Gasteiger partial charge >= 0.3 is 0 Å². The summed E-state index contributed by atoms with van der Waals surface area (Å²) in [5.41, 5.74) is 3.38. The second kappa shape index (κ2) is 7.36. The Labute approximate surface area is 125 Å². The molecule has 1 aliphatic rings. The van der Waals surface area contributed by atoms with Crippen molar-refractivity contribution in [3.8, 4) is 0 Å². The molecule has 0 bridgehead atoms. The van der Waals surface area contributed by atoms with Crippen LogP contribution in [0, 0.1) is 0 Å². The SMILES string of the molecule is COC[C@@H](C)NC(=O)CCC(=O)c1ccc2c(c1)CCC2. The van der Waals surface area contributed by atoms with Gasteiger partial charge in [0.2, 0.25) is 5.91 Å². The largest absolute Gasteiger partial charge is 0.383 e. The molecular formula is C17H23NO3. The van der Waals surface area contributed by atoms with E-state index < -0.39 is 0 Å². The van der Waals surface area contributed by atoms with Crippen molar-refractivity contribution in [1.82, 2.24) is 5.32 Å². The summed E-state index contributed by atoms with van der Waals surface area (Å²) in [4.78, 5) is 23.9. The molecule has 0 aliphatic heterocycles. The van der Waals surface area contributed by atoms with Crippen LogP contribution in [0.4, 0.5) is 0 Å². The minimum absolute atomic E-state index is 0.0300. The maximum absolute atomic E-state index is 12.2. The van der Waals surface area contributed by atoms with Gasteiger partial charge in [-0.05, 0) is 43.4 Å². The van der Waals surface area contributed by atoms with Crippen molar-refractivity contribution in [1.29, 1.82) is 0 Å². The predicted octanol–water partition coefficient (Wildman–Crippen LogP) is 2.29. The number of ether oxygens (including phenoxy) is 1. The first-order chi connectivity index (χ1) is 10.1. The van der Waals surface area contributed by atoms with Gasteiger partial charge in [0, 0.05) is 31.6 Å². The van der Waals surface area contributed by atoms with E-state index in [4.69, 9.17) is 4.74 Å². The van der Waals surface area contributed by atoms with Crippen molar-refractivity contribution < 1.29 is 14.3 Å². The lowest BCUT2D eigenvalue weighted by Crippen LogP contribution is -2.35. The maximum Gasteiger partial charge on any atom is 0.220 e. The molecule has 1 atom stereocenters. The van der Waals surface area contributed by atoms with Gasteiger partial charge in [0.25, 0.3) is 0 Å². The summed E-state index contributed by atoms with van der Waals surface area (Å²) in [6, 6.07) is 5.90. The third-order valence-corrected chi connectivity index (χ3v) is 3.82. The average Bonchev–Trinajstić information content (AvgIpc) is 2.92. The number of benzene rings is 1. The number of carbonyl (C=O) groups is 2. The highest BCUT2D eigenvalue weighted by molar-refractivity contribution is 5.98. The highest BCUT2D eigenvalue weighted by Crippen LogP contribution is 2.23. The minimum atomic E-state index is -0.103. The molecule has 1 aliphatic carbocycles. The van der Waals surface area contributed by atoms with Crippen LogP contribution in [0.3, 0.4) is 0 Å². The lowest BCUT2D eigenvalue weighted by atomic mass is 10.0. The van der Waals surface area contributed by atoms with Crippen LogP contribution in [0.1, 0.15) is 47.7 Å². The molecule has 4 heteroatoms. The lowest BCUT2D eigenvalue weighted by Gasteiger charge is -2.12. The van der Waals surface area contributed by atoms with Crippen molar-refractivity contribution in [2.45, 2.75) is 45.1 Å². The lowest BCUT2D eigenvalue weighted by molar-refractivity contribution is -0.122. The number of aryl methyl sites for hydroxylation is 2. The van der Waals surface area contributed by atoms with E-state index in [1.807, 2.05) is 19.1 Å². The van der Waals surface area contributed by atoms with E-state index in [1.54, 1.807) is 7.11 Å². The quantitative estimate of drug-likeness (QED) is 0.784. The van der Waals surface area contributed by atoms with Gasteiger partial charge in [0.05, 0.1) is 6.61 Å². The van der Waals surface area contributed by atoms with E-state index >= 15 is 0 Å². The Balaban J connectivity index is 1.83. The molecule has 0 spiro atoms. The van der Waals surface area contributed by atoms with E-state index in [1.165, 1.54) is 17.5 Å². The molecule has 0 aromatic heterocycles. The molecule has 0 heterocycles. The van der Waals surface area contributed by atoms with E-state index in [0.29, 0.717) is 6.61 Å². The number of nitrogens with one attached hydrogen (secondary N) is 1. The highest BCUT2D eigenvalue weighted by atomic mass is 16.5. The molecule has 2 rings (SSSR count). The van der Waals surface area contributed by atoms with Gasteiger partial charge in [-0.25, -0.2) is 0 Å². The summed E-state index contributed by atoms with van der Waals surface area (Å²) < 4.78 is 4.96. The number of Topliss-reactive ketones (excluding diaryl/α,β-unsaturated/α-hetero) is 1. The molecule has 0 fully saturated rings. The van der Waals surface area contributed by atoms with Crippen molar-refractivity contribution in [3.63, 3.8) is 0 Å². The Morgan fingerprint density at radius 1 is 1.24 bits per heavy atom. The summed E-state index contributed by atoms with van der Waals surface area (Å²) in [7, 11) is 1.60. The van der Waals surface area contributed by atoms with Crippen molar-refractivity contribution in [3.05, 3.63) is 34.9 Å². The molecule has 0 saturated carbocycles. The standard InChI is InChI=1S/C17H23NO3/c1-12(11-21-2)18-17(20)9-8-16(19)15-7-6-13-4-3-5-14(13)10-15/h6-7,10,12H,3-5,8-9,11H2,1-2H3,(H,18,20)/t12-/m1/s1. The molecular weight excluding hydrogens is 266 g/mol. The number of ketones is 1. The fourth-order valence-electron chi connectivity index (χ4n) is 2.76. The monoisotopic (exact) mass is 289 g/mol. The topological polar surface area (TPSA) is 55.4 Å². The van der Waals surface area contributed by atoms with Crippen LogP contribution in [-0.4, -0.2) is 31.4 Å². The molecule has 0 radical (unpaired) electrons. The fraction of sp³-hybridized carbons (Fsp3) is 0.529. The Kier molecular flexibility index (Phi) is 5.51. The van der Waals surface area contributed by atoms with Gasteiger partial charge in [-0.3, -0.25) is 9.59 Å². The fourth-order valence-corrected chi connectivity index (χ4v) is 2.76. The third-order valence-electron chi connectivity index (χ3n) is 3.82. The number of methoxy groups -OCH3 is 1. The zero-order chi connectivity index (χ0) is 15.2. The number of carbonyl (C=O) groups excluding carboxylic acids is 2. The van der Waals surface area contributed by atoms with E-state index in [9.17, 15) is 9.59 Å². The van der Waals surface area contributed by atoms with Gasteiger partial charge in [0.15, 0.2) is 5.78 Å². The number of fused-ring (bicyclic) bond motifs is 1. The smallest absolute Gasteiger partial charge is 0.220 e. The number of amides is 1. The molecule has 1 aromatic carbocycles. The Hall–Kier alpha value is -1.68. The Bertz CT molecular complexity index is 525. The molecule has 21 heavy (non-hydrogen) atoms. The summed E-state index contributed by atoms with van der Waals surface area (Å²) in [6.45, 7) is 2.36. The van der Waals surface area contributed by atoms with E-state index in [2.05, 4.69) is 11.4 Å². The molecule has 1 aromatic rings. The number of hydrogen-bond acceptors (Lipinski definition) is 3. The van der Waals surface area contributed by atoms with Crippen LogP contribution < -0.4 is 5.32 Å². The van der Waals surface area contributed by atoms with Gasteiger partial charge in [0.1, 0.15) is 0 Å². The van der Waals surface area contributed by atoms with Crippen LogP contribution in [0.5, 0.6) is 0 Å². The number of hydrogen-bond donors (Lipinski definition) is 1. The zero-order valence-corrected chi connectivity index (χ0v) is 12.8. The molecule has 0 saturated heterocycles. The summed E-state index contributed by atoms with van der Waals surface area (Å²) >= 11 is 0. The summed E-state index contributed by atoms with van der Waals surface area (Å²) in [6.07, 6.45) is 3.83. The Morgan fingerprint density at radius 3 is 2.76 bits per heavy atom. The van der Waals surface area contributed by atoms with Gasteiger partial charge in [-0.2, -0.15) is 0 Å². The van der Waals surface area contributed by atoms with Crippen LogP contribution in [0.25, 0.3) is 0 Å². The molecule has 0 unspecified atom stereocenters. The van der Waals surface area contributed by atoms with E-state index in [-0.39, 0.29) is 30.6 Å². The average molecular weight is 289 g/mol. The first-order valence-electron chi connectivity index (χ1n) is 7.53. The molecule has 114 valence electrons. The van der Waals surface area contributed by atoms with Gasteiger partial charge < -0.3 is 10.1 Å². The first kappa shape index (κ1) is 15.7. The van der Waals surface area contributed by atoms with Crippen LogP contribution in [0.15, 0.2) is 18.2 Å². The minimum Gasteiger partial charge on any atom is -0.383 e. The second-order valence-electron chi connectivity index (χ2n) is 5.68. The predicted molar refractivity (Wildman–Crippen MR) is 81.5 cm³/mol. The molecule has 1 amide bonds. The highest BCUT2D eigenvalue weighted by Gasteiger charge is 2.15.